The van der Waals surface area contributed by atoms with E-state index in [0.717, 1.165) is 6.54 Å². The van der Waals surface area contributed by atoms with Crippen molar-refractivity contribution in [2.45, 2.75) is 20.0 Å². The third kappa shape index (κ3) is 2.54. The van der Waals surface area contributed by atoms with E-state index in [9.17, 15) is 4.79 Å². The number of amides is 1. The van der Waals surface area contributed by atoms with E-state index in [4.69, 9.17) is 10.2 Å². The maximum Gasteiger partial charge on any atom is 0.292 e. The molecule has 0 fully saturated rings. The largest absolute Gasteiger partial charge is 0.455 e. The SMILES string of the molecule is CCn1ccc(NC(=O)c2ccc(CN)o2)n1. The van der Waals surface area contributed by atoms with E-state index in [-0.39, 0.29) is 18.2 Å². The quantitative estimate of drug-likeness (QED) is 0.832. The minimum absolute atomic E-state index is 0.233. The molecule has 2 rings (SSSR count). The first kappa shape index (κ1) is 11.4. The zero-order valence-corrected chi connectivity index (χ0v) is 9.51. The molecular weight excluding hydrogens is 220 g/mol. The first-order valence-electron chi connectivity index (χ1n) is 5.36. The van der Waals surface area contributed by atoms with Crippen LogP contribution < -0.4 is 11.1 Å². The number of aryl methyl sites for hydroxylation is 1. The summed E-state index contributed by atoms with van der Waals surface area (Å²) in [4.78, 5) is 11.7. The van der Waals surface area contributed by atoms with E-state index in [1.54, 1.807) is 29.1 Å². The number of nitrogens with two attached hydrogens (primary N) is 1. The molecule has 0 spiro atoms. The van der Waals surface area contributed by atoms with Gasteiger partial charge in [-0.3, -0.25) is 9.48 Å². The van der Waals surface area contributed by atoms with E-state index >= 15 is 0 Å². The fourth-order valence-electron chi connectivity index (χ4n) is 1.39. The van der Waals surface area contributed by atoms with Gasteiger partial charge in [0.1, 0.15) is 5.76 Å². The Kier molecular flexibility index (Phi) is 3.24. The Hall–Kier alpha value is -2.08. The predicted octanol–water partition coefficient (Wildman–Crippen LogP) is 1.21. The van der Waals surface area contributed by atoms with Crippen molar-refractivity contribution in [1.82, 2.24) is 9.78 Å². The Morgan fingerprint density at radius 1 is 1.53 bits per heavy atom. The number of furan rings is 1. The summed E-state index contributed by atoms with van der Waals surface area (Å²) in [5.41, 5.74) is 5.40. The number of hydrogen-bond acceptors (Lipinski definition) is 4. The summed E-state index contributed by atoms with van der Waals surface area (Å²) < 4.78 is 6.95. The van der Waals surface area contributed by atoms with Crippen molar-refractivity contribution in [3.63, 3.8) is 0 Å². The molecule has 2 aromatic rings. The minimum atomic E-state index is -0.328. The third-order valence-corrected chi connectivity index (χ3v) is 2.29. The van der Waals surface area contributed by atoms with Crippen LogP contribution in [0.2, 0.25) is 0 Å². The Labute approximate surface area is 98.4 Å². The molecule has 0 aliphatic heterocycles. The van der Waals surface area contributed by atoms with Crippen LogP contribution >= 0.6 is 0 Å². The van der Waals surface area contributed by atoms with Gasteiger partial charge in [0.05, 0.1) is 6.54 Å². The summed E-state index contributed by atoms with van der Waals surface area (Å²) >= 11 is 0. The lowest BCUT2D eigenvalue weighted by molar-refractivity contribution is 0.0994. The summed E-state index contributed by atoms with van der Waals surface area (Å²) in [6, 6.07) is 5.00. The standard InChI is InChI=1S/C11H14N4O2/c1-2-15-6-5-10(14-15)13-11(16)9-4-3-8(7-12)17-9/h3-6H,2,7,12H2,1H3,(H,13,14,16). The van der Waals surface area contributed by atoms with E-state index < -0.39 is 0 Å². The molecule has 0 bridgehead atoms. The second kappa shape index (κ2) is 4.84. The zero-order valence-electron chi connectivity index (χ0n) is 9.51. The second-order valence-electron chi connectivity index (χ2n) is 3.48. The summed E-state index contributed by atoms with van der Waals surface area (Å²) in [6.45, 7) is 3.00. The van der Waals surface area contributed by atoms with Gasteiger partial charge in [0.15, 0.2) is 11.6 Å². The van der Waals surface area contributed by atoms with Crippen LogP contribution in [0.15, 0.2) is 28.8 Å². The van der Waals surface area contributed by atoms with Crippen LogP contribution in [0.3, 0.4) is 0 Å². The molecule has 0 aliphatic rings. The molecule has 2 heterocycles. The van der Waals surface area contributed by atoms with Crippen molar-refractivity contribution in [3.8, 4) is 0 Å². The Morgan fingerprint density at radius 3 is 2.94 bits per heavy atom. The first-order chi connectivity index (χ1) is 8.22. The number of aromatic nitrogens is 2. The average Bonchev–Trinajstić information content (AvgIpc) is 2.96. The molecule has 0 radical (unpaired) electrons. The highest BCUT2D eigenvalue weighted by atomic mass is 16.4. The van der Waals surface area contributed by atoms with Gasteiger partial charge in [0, 0.05) is 18.8 Å². The average molecular weight is 234 g/mol. The number of carbonyl (C=O) groups is 1. The van der Waals surface area contributed by atoms with Crippen LogP contribution in [0.5, 0.6) is 0 Å². The van der Waals surface area contributed by atoms with Crippen molar-refractivity contribution in [2.24, 2.45) is 5.73 Å². The highest BCUT2D eigenvalue weighted by Gasteiger charge is 2.11. The van der Waals surface area contributed by atoms with E-state index in [1.807, 2.05) is 6.92 Å². The van der Waals surface area contributed by atoms with Crippen LogP contribution in [0, 0.1) is 0 Å². The van der Waals surface area contributed by atoms with Crippen LogP contribution in [-0.4, -0.2) is 15.7 Å². The van der Waals surface area contributed by atoms with Crippen molar-refractivity contribution in [3.05, 3.63) is 35.9 Å². The number of nitrogens with one attached hydrogen (secondary N) is 1. The number of anilines is 1. The van der Waals surface area contributed by atoms with Gasteiger partial charge < -0.3 is 15.5 Å². The highest BCUT2D eigenvalue weighted by Crippen LogP contribution is 2.10. The van der Waals surface area contributed by atoms with E-state index in [1.165, 1.54) is 0 Å². The van der Waals surface area contributed by atoms with Gasteiger partial charge in [-0.25, -0.2) is 0 Å². The number of rotatable bonds is 4. The molecule has 0 saturated carbocycles. The van der Waals surface area contributed by atoms with Gasteiger partial charge in [0.25, 0.3) is 5.91 Å². The maximum absolute atomic E-state index is 11.7. The number of hydrogen-bond donors (Lipinski definition) is 2. The molecule has 2 aromatic heterocycles. The fourth-order valence-corrected chi connectivity index (χ4v) is 1.39. The van der Waals surface area contributed by atoms with Crippen molar-refractivity contribution in [1.29, 1.82) is 0 Å². The lowest BCUT2D eigenvalue weighted by Crippen LogP contribution is -2.11. The first-order valence-corrected chi connectivity index (χ1v) is 5.36. The normalized spacial score (nSPS) is 10.5. The van der Waals surface area contributed by atoms with Crippen LogP contribution in [0.25, 0.3) is 0 Å². The van der Waals surface area contributed by atoms with Crippen molar-refractivity contribution < 1.29 is 9.21 Å². The van der Waals surface area contributed by atoms with Crippen molar-refractivity contribution in [2.75, 3.05) is 5.32 Å². The summed E-state index contributed by atoms with van der Waals surface area (Å²) in [5.74, 6) is 0.985. The van der Waals surface area contributed by atoms with Crippen LogP contribution in [-0.2, 0) is 13.1 Å². The molecule has 0 unspecified atom stereocenters. The second-order valence-corrected chi connectivity index (χ2v) is 3.48. The van der Waals surface area contributed by atoms with Gasteiger partial charge >= 0.3 is 0 Å². The van der Waals surface area contributed by atoms with Gasteiger partial charge in [-0.15, -0.1) is 0 Å². The molecule has 6 nitrogen and oxygen atoms in total. The number of nitrogens with zero attached hydrogens (tertiary/aromatic N) is 2. The summed E-state index contributed by atoms with van der Waals surface area (Å²) in [5, 5.41) is 6.78. The molecule has 6 heteroatoms. The molecule has 0 aliphatic carbocycles. The summed E-state index contributed by atoms with van der Waals surface area (Å²) in [6.07, 6.45) is 1.79. The maximum atomic E-state index is 11.7. The molecule has 0 aromatic carbocycles. The Bertz CT molecular complexity index is 515. The molecule has 90 valence electrons. The van der Waals surface area contributed by atoms with Crippen molar-refractivity contribution >= 4 is 11.7 Å². The molecule has 0 saturated heterocycles. The fraction of sp³-hybridized carbons (Fsp3) is 0.273. The molecule has 1 amide bonds. The van der Waals surface area contributed by atoms with Gasteiger partial charge in [-0.2, -0.15) is 5.10 Å². The lowest BCUT2D eigenvalue weighted by atomic mass is 10.4. The molecule has 0 atom stereocenters. The van der Waals surface area contributed by atoms with Gasteiger partial charge in [0.2, 0.25) is 0 Å². The highest BCUT2D eigenvalue weighted by molar-refractivity contribution is 6.01. The Morgan fingerprint density at radius 2 is 2.35 bits per heavy atom. The summed E-state index contributed by atoms with van der Waals surface area (Å²) in [7, 11) is 0. The molecular formula is C11H14N4O2. The van der Waals surface area contributed by atoms with Crippen LogP contribution in [0.4, 0.5) is 5.82 Å². The minimum Gasteiger partial charge on any atom is -0.455 e. The Balaban J connectivity index is 2.05. The van der Waals surface area contributed by atoms with E-state index in [0.29, 0.717) is 11.6 Å². The zero-order chi connectivity index (χ0) is 12.3. The van der Waals surface area contributed by atoms with E-state index in [2.05, 4.69) is 10.4 Å². The predicted molar refractivity (Wildman–Crippen MR) is 62.5 cm³/mol. The van der Waals surface area contributed by atoms with Gasteiger partial charge in [-0.05, 0) is 19.1 Å². The van der Waals surface area contributed by atoms with Crippen LogP contribution in [0.1, 0.15) is 23.2 Å². The van der Waals surface area contributed by atoms with Gasteiger partial charge in [-0.1, -0.05) is 0 Å². The third-order valence-electron chi connectivity index (χ3n) is 2.29. The number of carbonyl (C=O) groups excluding carboxylic acids is 1. The molecule has 17 heavy (non-hydrogen) atoms. The molecule has 3 N–H and O–H groups in total. The smallest absolute Gasteiger partial charge is 0.292 e. The monoisotopic (exact) mass is 234 g/mol. The topological polar surface area (TPSA) is 86.1 Å². The lowest BCUT2D eigenvalue weighted by Gasteiger charge is -1.98.